The average molecular weight is 327 g/mol. The van der Waals surface area contributed by atoms with Crippen LogP contribution in [-0.2, 0) is 6.54 Å². The normalized spacial score (nSPS) is 10.1. The molecule has 0 saturated carbocycles. The van der Waals surface area contributed by atoms with Gasteiger partial charge in [0, 0.05) is 14.6 Å². The number of halogens is 2. The zero-order valence-corrected chi connectivity index (χ0v) is 9.52. The monoisotopic (exact) mass is 326 g/mol. The summed E-state index contributed by atoms with van der Waals surface area (Å²) in [4.78, 5) is 0. The van der Waals surface area contributed by atoms with Gasteiger partial charge < -0.3 is 0 Å². The van der Waals surface area contributed by atoms with Gasteiger partial charge in [0.05, 0.1) is 0 Å². The molecule has 2 nitrogen and oxygen atoms in total. The topological polar surface area (TPSA) is 38.0 Å². The van der Waals surface area contributed by atoms with E-state index < -0.39 is 0 Å². The smallest absolute Gasteiger partial charge is 0.0359 e. The molecule has 0 aliphatic carbocycles. The van der Waals surface area contributed by atoms with Gasteiger partial charge in [-0.15, -0.1) is 0 Å². The molecule has 0 atom stereocenters. The summed E-state index contributed by atoms with van der Waals surface area (Å²) >= 11 is 5.73. The molecule has 11 heavy (non-hydrogen) atoms. The van der Waals surface area contributed by atoms with E-state index in [1.807, 2.05) is 18.2 Å². The molecule has 0 fully saturated rings. The molecular formula is C7H8BrIN2. The van der Waals surface area contributed by atoms with Gasteiger partial charge in [0.25, 0.3) is 0 Å². The Hall–Kier alpha value is 0.350. The highest BCUT2D eigenvalue weighted by atomic mass is 127. The van der Waals surface area contributed by atoms with E-state index in [2.05, 4.69) is 43.9 Å². The molecular weight excluding hydrogens is 319 g/mol. The molecule has 1 rings (SSSR count). The van der Waals surface area contributed by atoms with Gasteiger partial charge in [-0.05, 0) is 50.2 Å². The van der Waals surface area contributed by atoms with Crippen molar-refractivity contribution in [3.63, 3.8) is 0 Å². The predicted molar refractivity (Wildman–Crippen MR) is 57.9 cm³/mol. The summed E-state index contributed by atoms with van der Waals surface area (Å²) in [5.74, 6) is 5.21. The van der Waals surface area contributed by atoms with Crippen LogP contribution in [0.15, 0.2) is 22.7 Å². The number of nitrogens with one attached hydrogen (secondary N) is 1. The number of hydrogen-bond donors (Lipinski definition) is 2. The third-order valence-electron chi connectivity index (χ3n) is 1.32. The minimum Gasteiger partial charge on any atom is -0.271 e. The van der Waals surface area contributed by atoms with Gasteiger partial charge in [0.15, 0.2) is 0 Å². The van der Waals surface area contributed by atoms with Gasteiger partial charge in [-0.25, -0.2) is 0 Å². The fourth-order valence-electron chi connectivity index (χ4n) is 0.795. The largest absolute Gasteiger partial charge is 0.271 e. The van der Waals surface area contributed by atoms with Crippen LogP contribution < -0.4 is 11.3 Å². The summed E-state index contributed by atoms with van der Waals surface area (Å²) in [5.41, 5.74) is 3.84. The molecule has 0 aliphatic heterocycles. The quantitative estimate of drug-likeness (QED) is 0.496. The van der Waals surface area contributed by atoms with Gasteiger partial charge in [-0.1, -0.05) is 12.1 Å². The van der Waals surface area contributed by atoms with Crippen LogP contribution in [0.3, 0.4) is 0 Å². The first-order valence-corrected chi connectivity index (χ1v) is 4.99. The van der Waals surface area contributed by atoms with E-state index in [0.717, 1.165) is 4.47 Å². The highest BCUT2D eigenvalue weighted by Gasteiger charge is 2.00. The van der Waals surface area contributed by atoms with E-state index in [-0.39, 0.29) is 0 Å². The van der Waals surface area contributed by atoms with Gasteiger partial charge in [-0.2, -0.15) is 0 Å². The first-order valence-electron chi connectivity index (χ1n) is 3.12. The summed E-state index contributed by atoms with van der Waals surface area (Å²) in [6, 6.07) is 6.06. The van der Waals surface area contributed by atoms with Crippen LogP contribution in [-0.4, -0.2) is 0 Å². The van der Waals surface area contributed by atoms with Crippen LogP contribution in [0.25, 0.3) is 0 Å². The van der Waals surface area contributed by atoms with E-state index in [9.17, 15) is 0 Å². The Morgan fingerprint density at radius 1 is 1.55 bits per heavy atom. The Morgan fingerprint density at radius 2 is 2.27 bits per heavy atom. The Morgan fingerprint density at radius 3 is 2.91 bits per heavy atom. The zero-order valence-electron chi connectivity index (χ0n) is 5.77. The van der Waals surface area contributed by atoms with Crippen molar-refractivity contribution < 1.29 is 0 Å². The summed E-state index contributed by atoms with van der Waals surface area (Å²) in [6.45, 7) is 0.706. The van der Waals surface area contributed by atoms with Gasteiger partial charge in [-0.3, -0.25) is 11.3 Å². The second kappa shape index (κ2) is 4.39. The summed E-state index contributed by atoms with van der Waals surface area (Å²) in [6.07, 6.45) is 0. The molecule has 0 radical (unpaired) electrons. The summed E-state index contributed by atoms with van der Waals surface area (Å²) in [5, 5.41) is 0. The first kappa shape index (κ1) is 9.44. The minimum atomic E-state index is 0.706. The minimum absolute atomic E-state index is 0.706. The molecule has 0 aliphatic rings. The lowest BCUT2D eigenvalue weighted by Crippen LogP contribution is -2.21. The third-order valence-corrected chi connectivity index (χ3v) is 4.00. The highest BCUT2D eigenvalue weighted by molar-refractivity contribution is 14.1. The van der Waals surface area contributed by atoms with Crippen molar-refractivity contribution in [2.24, 2.45) is 5.84 Å². The van der Waals surface area contributed by atoms with Gasteiger partial charge in [0.1, 0.15) is 0 Å². The average Bonchev–Trinajstić information content (AvgIpc) is 1.99. The van der Waals surface area contributed by atoms with Crippen LogP contribution in [0.5, 0.6) is 0 Å². The van der Waals surface area contributed by atoms with E-state index in [1.54, 1.807) is 0 Å². The molecule has 3 N–H and O–H groups in total. The molecule has 0 spiro atoms. The van der Waals surface area contributed by atoms with Gasteiger partial charge in [0.2, 0.25) is 0 Å². The number of hydrogen-bond acceptors (Lipinski definition) is 2. The highest BCUT2D eigenvalue weighted by Crippen LogP contribution is 2.21. The SMILES string of the molecule is NNCc1cccc(Br)c1I. The number of nitrogens with two attached hydrogens (primary N) is 1. The third kappa shape index (κ3) is 2.40. The van der Waals surface area contributed by atoms with Crippen molar-refractivity contribution in [2.75, 3.05) is 0 Å². The number of hydrazine groups is 1. The van der Waals surface area contributed by atoms with Gasteiger partial charge >= 0.3 is 0 Å². The second-order valence-corrected chi connectivity index (χ2v) is 4.03. The van der Waals surface area contributed by atoms with E-state index in [1.165, 1.54) is 9.13 Å². The molecule has 1 aromatic rings. The summed E-state index contributed by atoms with van der Waals surface area (Å²) in [7, 11) is 0. The Balaban J connectivity index is 2.96. The van der Waals surface area contributed by atoms with Crippen molar-refractivity contribution in [1.82, 2.24) is 5.43 Å². The Bertz CT molecular complexity index is 252. The number of rotatable bonds is 2. The molecule has 0 amide bonds. The molecule has 0 heterocycles. The van der Waals surface area contributed by atoms with Crippen LogP contribution in [0.4, 0.5) is 0 Å². The van der Waals surface area contributed by atoms with Crippen LogP contribution in [0.2, 0.25) is 0 Å². The summed E-state index contributed by atoms with van der Waals surface area (Å²) < 4.78 is 2.33. The molecule has 4 heteroatoms. The van der Waals surface area contributed by atoms with E-state index >= 15 is 0 Å². The number of benzene rings is 1. The van der Waals surface area contributed by atoms with Crippen LogP contribution in [0.1, 0.15) is 5.56 Å². The molecule has 0 bridgehead atoms. The van der Waals surface area contributed by atoms with Crippen LogP contribution in [0, 0.1) is 3.57 Å². The predicted octanol–water partition coefficient (Wildman–Crippen LogP) is 2.02. The van der Waals surface area contributed by atoms with Crippen molar-refractivity contribution in [1.29, 1.82) is 0 Å². The lowest BCUT2D eigenvalue weighted by Gasteiger charge is -2.03. The van der Waals surface area contributed by atoms with Crippen molar-refractivity contribution in [3.05, 3.63) is 31.8 Å². The van der Waals surface area contributed by atoms with Crippen molar-refractivity contribution in [2.45, 2.75) is 6.54 Å². The fraction of sp³-hybridized carbons (Fsp3) is 0.143. The lowest BCUT2D eigenvalue weighted by atomic mass is 10.2. The maximum absolute atomic E-state index is 5.21. The zero-order chi connectivity index (χ0) is 8.27. The molecule has 0 saturated heterocycles. The lowest BCUT2D eigenvalue weighted by molar-refractivity contribution is 0.738. The standard InChI is InChI=1S/C7H8BrIN2/c8-6-3-1-2-5(4-11-10)7(6)9/h1-3,11H,4,10H2. The first-order chi connectivity index (χ1) is 5.25. The fourth-order valence-corrected chi connectivity index (χ4v) is 1.75. The van der Waals surface area contributed by atoms with Crippen LogP contribution >= 0.6 is 38.5 Å². The molecule has 1 aromatic carbocycles. The molecule has 60 valence electrons. The maximum atomic E-state index is 5.21. The van der Waals surface area contributed by atoms with E-state index in [4.69, 9.17) is 5.84 Å². The molecule has 0 unspecified atom stereocenters. The maximum Gasteiger partial charge on any atom is 0.0359 e. The second-order valence-electron chi connectivity index (χ2n) is 2.09. The van der Waals surface area contributed by atoms with E-state index in [0.29, 0.717) is 6.54 Å². The van der Waals surface area contributed by atoms with Crippen molar-refractivity contribution >= 4 is 38.5 Å². The van der Waals surface area contributed by atoms with Crippen molar-refractivity contribution in [3.8, 4) is 0 Å². The Kier molecular flexibility index (Phi) is 3.77. The Labute approximate surface area is 87.8 Å². The molecule has 0 aromatic heterocycles.